The highest BCUT2D eigenvalue weighted by Crippen LogP contribution is 2.33. The predicted molar refractivity (Wildman–Crippen MR) is 145 cm³/mol. The van der Waals surface area contributed by atoms with Crippen LogP contribution in [-0.4, -0.2) is 51.8 Å². The lowest BCUT2D eigenvalue weighted by molar-refractivity contribution is 0.254. The Morgan fingerprint density at radius 3 is 2.39 bits per heavy atom. The summed E-state index contributed by atoms with van der Waals surface area (Å²) in [6.07, 6.45) is 2.09. The maximum Gasteiger partial charge on any atom is 0.142 e. The number of ether oxygens (including phenoxy) is 2. The lowest BCUT2D eigenvalue weighted by atomic mass is 9.99. The van der Waals surface area contributed by atoms with Crippen molar-refractivity contribution in [2.75, 3.05) is 51.8 Å². The summed E-state index contributed by atoms with van der Waals surface area (Å²) in [5, 5.41) is 1.06. The second kappa shape index (κ2) is 11.1. The van der Waals surface area contributed by atoms with Crippen LogP contribution in [0.2, 0.25) is 0 Å². The van der Waals surface area contributed by atoms with Crippen molar-refractivity contribution in [1.29, 1.82) is 0 Å². The lowest BCUT2D eigenvalue weighted by Gasteiger charge is -2.36. The van der Waals surface area contributed by atoms with Crippen molar-refractivity contribution in [1.82, 2.24) is 4.90 Å². The number of aryl methyl sites for hydroxylation is 1. The highest BCUT2D eigenvalue weighted by molar-refractivity contribution is 5.78. The third-order valence-electron chi connectivity index (χ3n) is 7.12. The zero-order valence-corrected chi connectivity index (χ0v) is 21.2. The molecule has 0 bridgehead atoms. The van der Waals surface area contributed by atoms with Crippen LogP contribution >= 0.6 is 0 Å². The summed E-state index contributed by atoms with van der Waals surface area (Å²) in [5.74, 6) is 2.49. The molecular weight excluding hydrogens is 450 g/mol. The molecule has 1 fully saturated rings. The number of nitrogens with two attached hydrogens (primary N) is 1. The van der Waals surface area contributed by atoms with Gasteiger partial charge in [-0.05, 0) is 55.3 Å². The molecule has 6 nitrogen and oxygen atoms in total. The number of fused-ring (bicyclic) bond motifs is 1. The van der Waals surface area contributed by atoms with E-state index < -0.39 is 0 Å². The van der Waals surface area contributed by atoms with Gasteiger partial charge >= 0.3 is 0 Å². The Morgan fingerprint density at radius 1 is 0.861 bits per heavy atom. The van der Waals surface area contributed by atoms with E-state index in [1.807, 2.05) is 48.5 Å². The maximum absolute atomic E-state index is 6.66. The summed E-state index contributed by atoms with van der Waals surface area (Å²) in [4.78, 5) is 4.97. The van der Waals surface area contributed by atoms with Crippen molar-refractivity contribution in [3.8, 4) is 11.5 Å². The largest absolute Gasteiger partial charge is 0.496 e. The fourth-order valence-corrected chi connectivity index (χ4v) is 5.10. The minimum absolute atomic E-state index is 0.379. The topological polar surface area (TPSA) is 64.1 Å². The first-order chi connectivity index (χ1) is 17.7. The third kappa shape index (κ3) is 5.20. The summed E-state index contributed by atoms with van der Waals surface area (Å²) < 4.78 is 17.2. The number of methoxy groups -OCH3 is 2. The average molecular weight is 486 g/mol. The van der Waals surface area contributed by atoms with Crippen molar-refractivity contribution in [2.45, 2.75) is 18.9 Å². The van der Waals surface area contributed by atoms with Crippen LogP contribution in [0.4, 0.5) is 5.69 Å². The SMILES string of the molecule is COc1ccc(CCCN2CCN(c3ccccc3OC)CC2)cc1C(N)c1cc2ccccc2o1. The Labute approximate surface area is 213 Å². The molecule has 3 aromatic carbocycles. The van der Waals surface area contributed by atoms with Gasteiger partial charge in [-0.3, -0.25) is 4.90 Å². The molecule has 1 atom stereocenters. The van der Waals surface area contributed by atoms with Crippen LogP contribution in [0.3, 0.4) is 0 Å². The molecule has 0 aliphatic carbocycles. The summed E-state index contributed by atoms with van der Waals surface area (Å²) >= 11 is 0. The van der Waals surface area contributed by atoms with E-state index >= 15 is 0 Å². The molecule has 1 aromatic heterocycles. The summed E-state index contributed by atoms with van der Waals surface area (Å²) in [7, 11) is 3.43. The number of benzene rings is 3. The number of anilines is 1. The Morgan fingerprint density at radius 2 is 1.61 bits per heavy atom. The van der Waals surface area contributed by atoms with E-state index in [0.717, 1.165) is 79.4 Å². The van der Waals surface area contributed by atoms with Crippen LogP contribution in [0, 0.1) is 0 Å². The zero-order valence-electron chi connectivity index (χ0n) is 21.2. The van der Waals surface area contributed by atoms with Crippen LogP contribution < -0.4 is 20.1 Å². The molecule has 188 valence electrons. The standard InChI is InChI=1S/C30H35N3O3/c1-34-27-14-13-22(20-24(27)30(31)29-21-23-9-3-5-11-26(23)36-29)8-7-15-32-16-18-33(19-17-32)25-10-4-6-12-28(25)35-2/h3-6,9-14,20-21,30H,7-8,15-19,31H2,1-2H3. The van der Waals surface area contributed by atoms with Crippen molar-refractivity contribution < 1.29 is 13.9 Å². The first-order valence-corrected chi connectivity index (χ1v) is 12.7. The molecule has 0 saturated carbocycles. The van der Waals surface area contributed by atoms with E-state index in [1.165, 1.54) is 11.3 Å². The summed E-state index contributed by atoms with van der Waals surface area (Å²) in [6, 6.07) is 24.3. The van der Waals surface area contributed by atoms with Gasteiger partial charge in [0, 0.05) is 37.1 Å². The fourth-order valence-electron chi connectivity index (χ4n) is 5.10. The normalized spacial score (nSPS) is 15.2. The second-order valence-electron chi connectivity index (χ2n) is 9.34. The first-order valence-electron chi connectivity index (χ1n) is 12.7. The van der Waals surface area contributed by atoms with Crippen molar-refractivity contribution >= 4 is 16.7 Å². The minimum atomic E-state index is -0.379. The smallest absolute Gasteiger partial charge is 0.142 e. The Balaban J connectivity index is 1.18. The van der Waals surface area contributed by atoms with E-state index in [1.54, 1.807) is 14.2 Å². The molecular formula is C30H35N3O3. The van der Waals surface area contributed by atoms with E-state index in [-0.39, 0.29) is 6.04 Å². The van der Waals surface area contributed by atoms with Gasteiger partial charge in [0.2, 0.25) is 0 Å². The van der Waals surface area contributed by atoms with Crippen LogP contribution in [0.25, 0.3) is 11.0 Å². The highest BCUT2D eigenvalue weighted by Gasteiger charge is 2.21. The molecule has 5 rings (SSSR count). The number of piperazine rings is 1. The Hall–Kier alpha value is -3.48. The number of para-hydroxylation sites is 3. The van der Waals surface area contributed by atoms with Gasteiger partial charge in [0.1, 0.15) is 22.8 Å². The van der Waals surface area contributed by atoms with E-state index in [0.29, 0.717) is 0 Å². The van der Waals surface area contributed by atoms with Gasteiger partial charge in [0.25, 0.3) is 0 Å². The van der Waals surface area contributed by atoms with Gasteiger partial charge in [-0.1, -0.05) is 42.5 Å². The van der Waals surface area contributed by atoms with Crippen LogP contribution in [0.5, 0.6) is 11.5 Å². The van der Waals surface area contributed by atoms with Gasteiger partial charge in [-0.15, -0.1) is 0 Å². The van der Waals surface area contributed by atoms with Crippen LogP contribution in [0.1, 0.15) is 29.3 Å². The van der Waals surface area contributed by atoms with Crippen molar-refractivity contribution in [3.63, 3.8) is 0 Å². The molecule has 2 heterocycles. The molecule has 1 aliphatic heterocycles. The molecule has 1 aliphatic rings. The fraction of sp³-hybridized carbons (Fsp3) is 0.333. The van der Waals surface area contributed by atoms with Crippen LogP contribution in [0.15, 0.2) is 77.2 Å². The van der Waals surface area contributed by atoms with Gasteiger partial charge in [-0.25, -0.2) is 0 Å². The first kappa shape index (κ1) is 24.2. The lowest BCUT2D eigenvalue weighted by Crippen LogP contribution is -2.46. The molecule has 4 aromatic rings. The van der Waals surface area contributed by atoms with Gasteiger partial charge < -0.3 is 24.5 Å². The quantitative estimate of drug-likeness (QED) is 0.349. The summed E-state index contributed by atoms with van der Waals surface area (Å²) in [6.45, 7) is 5.22. The molecule has 0 radical (unpaired) electrons. The molecule has 36 heavy (non-hydrogen) atoms. The predicted octanol–water partition coefficient (Wildman–Crippen LogP) is 5.25. The molecule has 1 saturated heterocycles. The average Bonchev–Trinajstić information content (AvgIpc) is 3.37. The minimum Gasteiger partial charge on any atom is -0.496 e. The second-order valence-corrected chi connectivity index (χ2v) is 9.34. The number of rotatable bonds is 9. The third-order valence-corrected chi connectivity index (χ3v) is 7.12. The molecule has 1 unspecified atom stereocenters. The monoisotopic (exact) mass is 485 g/mol. The zero-order chi connectivity index (χ0) is 24.9. The number of hydrogen-bond donors (Lipinski definition) is 1. The van der Waals surface area contributed by atoms with Gasteiger partial charge in [-0.2, -0.15) is 0 Å². The number of furan rings is 1. The molecule has 2 N–H and O–H groups in total. The number of hydrogen-bond acceptors (Lipinski definition) is 6. The maximum atomic E-state index is 6.66. The highest BCUT2D eigenvalue weighted by atomic mass is 16.5. The van der Waals surface area contributed by atoms with Crippen LogP contribution in [-0.2, 0) is 6.42 Å². The Kier molecular flexibility index (Phi) is 7.44. The van der Waals surface area contributed by atoms with Crippen molar-refractivity contribution in [2.24, 2.45) is 5.73 Å². The van der Waals surface area contributed by atoms with E-state index in [9.17, 15) is 0 Å². The van der Waals surface area contributed by atoms with E-state index in [2.05, 4.69) is 34.1 Å². The van der Waals surface area contributed by atoms with Gasteiger partial charge in [0.15, 0.2) is 0 Å². The van der Waals surface area contributed by atoms with Crippen molar-refractivity contribution in [3.05, 3.63) is 89.7 Å². The molecule has 0 spiro atoms. The van der Waals surface area contributed by atoms with Gasteiger partial charge in [0.05, 0.1) is 25.9 Å². The summed E-state index contributed by atoms with van der Waals surface area (Å²) in [5.41, 5.74) is 10.9. The number of nitrogens with zero attached hydrogens (tertiary/aromatic N) is 2. The Bertz CT molecular complexity index is 1260. The van der Waals surface area contributed by atoms with E-state index in [4.69, 9.17) is 19.6 Å². The molecule has 6 heteroatoms. The molecule has 0 amide bonds.